The molecule has 0 amide bonds. The lowest BCUT2D eigenvalue weighted by molar-refractivity contribution is 1.07. The molecule has 0 radical (unpaired) electrons. The molecule has 0 saturated carbocycles. The van der Waals surface area contributed by atoms with Gasteiger partial charge in [-0.05, 0) is 60.7 Å². The number of benzene rings is 8. The van der Waals surface area contributed by atoms with Crippen LogP contribution in [0.25, 0.3) is 109 Å². The largest absolute Gasteiger partial charge is 0.309 e. The summed E-state index contributed by atoms with van der Waals surface area (Å²) in [5.41, 5.74) is 9.72. The van der Waals surface area contributed by atoms with E-state index in [2.05, 4.69) is 179 Å². The minimum absolute atomic E-state index is 0.631. The van der Waals surface area contributed by atoms with E-state index < -0.39 is 0 Å². The lowest BCUT2D eigenvalue weighted by Crippen LogP contribution is -2.01. The fraction of sp³-hybridized carbons (Fsp3) is 0. The van der Waals surface area contributed by atoms with Crippen LogP contribution in [-0.2, 0) is 0 Å². The van der Waals surface area contributed by atoms with Crippen LogP contribution in [0, 0.1) is 0 Å². The molecule has 0 atom stereocenters. The predicted octanol–water partition coefficient (Wildman–Crippen LogP) is 13.4. The zero-order chi connectivity index (χ0) is 37.5. The molecule has 5 nitrogen and oxygen atoms in total. The maximum absolute atomic E-state index is 5.26. The predicted molar refractivity (Wildman–Crippen MR) is 238 cm³/mol. The van der Waals surface area contributed by atoms with Crippen LogP contribution in [0.4, 0.5) is 0 Å². The Kier molecular flexibility index (Phi) is 7.03. The number of thiophene rings is 1. The highest BCUT2D eigenvalue weighted by Crippen LogP contribution is 2.42. The number of hydrogen-bond acceptors (Lipinski definition) is 4. The molecule has 6 heteroatoms. The number of nitrogens with zero attached hydrogens (tertiary/aromatic N) is 5. The third kappa shape index (κ3) is 4.98. The molecule has 0 bridgehead atoms. The molecule has 57 heavy (non-hydrogen) atoms. The second-order valence-corrected chi connectivity index (χ2v) is 15.5. The summed E-state index contributed by atoms with van der Waals surface area (Å²) in [4.78, 5) is 15.6. The molecule has 0 unspecified atom stereocenters. The van der Waals surface area contributed by atoms with E-state index >= 15 is 0 Å². The Morgan fingerprint density at radius 3 is 1.56 bits per heavy atom. The van der Waals surface area contributed by atoms with Gasteiger partial charge in [-0.2, -0.15) is 0 Å². The van der Waals surface area contributed by atoms with Crippen LogP contribution >= 0.6 is 11.3 Å². The van der Waals surface area contributed by atoms with Crippen molar-refractivity contribution in [2.75, 3.05) is 0 Å². The van der Waals surface area contributed by atoms with E-state index in [1.165, 1.54) is 52.8 Å². The van der Waals surface area contributed by atoms with Gasteiger partial charge < -0.3 is 9.13 Å². The summed E-state index contributed by atoms with van der Waals surface area (Å²) in [5, 5.41) is 7.23. The number of hydrogen-bond donors (Lipinski definition) is 0. The minimum Gasteiger partial charge on any atom is -0.309 e. The lowest BCUT2D eigenvalue weighted by Gasteiger charge is -2.12. The molecule has 0 saturated heterocycles. The van der Waals surface area contributed by atoms with Crippen LogP contribution in [0.1, 0.15) is 0 Å². The number of rotatable bonds is 5. The summed E-state index contributed by atoms with van der Waals surface area (Å²) in [6.07, 6.45) is 0. The fourth-order valence-corrected chi connectivity index (χ4v) is 9.78. The summed E-state index contributed by atoms with van der Waals surface area (Å²) < 4.78 is 7.24. The van der Waals surface area contributed by atoms with E-state index in [9.17, 15) is 0 Å². The molecule has 4 aromatic heterocycles. The molecule has 0 aliphatic rings. The summed E-state index contributed by atoms with van der Waals surface area (Å²) >= 11 is 1.80. The van der Waals surface area contributed by atoms with E-state index in [4.69, 9.17) is 15.0 Å². The van der Waals surface area contributed by atoms with E-state index in [-0.39, 0.29) is 0 Å². The van der Waals surface area contributed by atoms with Gasteiger partial charge in [0.15, 0.2) is 17.5 Å². The Morgan fingerprint density at radius 2 is 0.842 bits per heavy atom. The van der Waals surface area contributed by atoms with Crippen molar-refractivity contribution >= 4 is 75.1 Å². The normalized spacial score (nSPS) is 11.9. The Labute approximate surface area is 331 Å². The molecule has 0 fully saturated rings. The second kappa shape index (κ2) is 12.6. The summed E-state index contributed by atoms with van der Waals surface area (Å²) in [7, 11) is 0. The van der Waals surface area contributed by atoms with E-state index in [0.29, 0.717) is 17.5 Å². The Bertz CT molecular complexity index is 3520. The maximum atomic E-state index is 5.26. The van der Waals surface area contributed by atoms with Crippen LogP contribution in [0.5, 0.6) is 0 Å². The SMILES string of the molecule is c1ccc(-c2nc(-c3cccc(-n4c5ccccc5c5cc6c(cc54)c4ccccc4n6-c4ccccc4)c3)nc(-c3cccc4sc5ccccc5c34)n2)cc1. The van der Waals surface area contributed by atoms with Gasteiger partial charge in [0, 0.05) is 69.8 Å². The van der Waals surface area contributed by atoms with Gasteiger partial charge >= 0.3 is 0 Å². The smallest absolute Gasteiger partial charge is 0.164 e. The maximum Gasteiger partial charge on any atom is 0.164 e. The second-order valence-electron chi connectivity index (χ2n) is 14.4. The van der Waals surface area contributed by atoms with Crippen molar-refractivity contribution in [3.8, 4) is 45.5 Å². The van der Waals surface area contributed by atoms with Crippen molar-refractivity contribution in [3.63, 3.8) is 0 Å². The number of fused-ring (bicyclic) bond motifs is 9. The van der Waals surface area contributed by atoms with Crippen molar-refractivity contribution in [1.29, 1.82) is 0 Å². The third-order valence-corrected chi connectivity index (χ3v) is 12.3. The van der Waals surface area contributed by atoms with Gasteiger partial charge in [0.25, 0.3) is 0 Å². The standard InChI is InChI=1S/C51H31N5S/c1-3-15-32(16-4-1)49-52-50(54-51(53-49)39-24-14-28-47-48(39)38-23-9-12-27-46(38)57-47)33-17-13-20-35(29-33)56-43-26-11-8-22-37(43)41-30-44-40(31-45(41)56)36-21-7-10-25-42(36)55(44)34-18-5-2-6-19-34/h1-31H. The third-order valence-electron chi connectivity index (χ3n) is 11.2. The van der Waals surface area contributed by atoms with Gasteiger partial charge in [-0.15, -0.1) is 11.3 Å². The summed E-state index contributed by atoms with van der Waals surface area (Å²) in [6.45, 7) is 0. The summed E-state index contributed by atoms with van der Waals surface area (Å²) in [5.74, 6) is 1.94. The zero-order valence-electron chi connectivity index (χ0n) is 30.5. The molecular formula is C51H31N5S. The van der Waals surface area contributed by atoms with Crippen LogP contribution < -0.4 is 0 Å². The Balaban J connectivity index is 1.09. The van der Waals surface area contributed by atoms with Gasteiger partial charge in [-0.25, -0.2) is 15.0 Å². The topological polar surface area (TPSA) is 48.5 Å². The average molecular weight is 746 g/mol. The van der Waals surface area contributed by atoms with Crippen molar-refractivity contribution in [2.45, 2.75) is 0 Å². The van der Waals surface area contributed by atoms with Crippen molar-refractivity contribution < 1.29 is 0 Å². The first-order valence-electron chi connectivity index (χ1n) is 19.1. The lowest BCUT2D eigenvalue weighted by atomic mass is 10.1. The van der Waals surface area contributed by atoms with Crippen molar-refractivity contribution in [1.82, 2.24) is 24.1 Å². The molecule has 8 aromatic carbocycles. The highest BCUT2D eigenvalue weighted by atomic mass is 32.1. The van der Waals surface area contributed by atoms with E-state index in [1.54, 1.807) is 11.3 Å². The molecule has 4 heterocycles. The number of para-hydroxylation sites is 3. The van der Waals surface area contributed by atoms with Crippen molar-refractivity contribution in [3.05, 3.63) is 188 Å². The van der Waals surface area contributed by atoms with Gasteiger partial charge in [-0.3, -0.25) is 0 Å². The van der Waals surface area contributed by atoms with E-state index in [1.807, 2.05) is 18.2 Å². The molecule has 12 aromatic rings. The molecule has 12 rings (SSSR count). The first-order valence-corrected chi connectivity index (χ1v) is 19.9. The molecule has 0 N–H and O–H groups in total. The zero-order valence-corrected chi connectivity index (χ0v) is 31.4. The van der Waals surface area contributed by atoms with Gasteiger partial charge in [0.2, 0.25) is 0 Å². The highest BCUT2D eigenvalue weighted by Gasteiger charge is 2.20. The number of aromatic nitrogens is 5. The summed E-state index contributed by atoms with van der Waals surface area (Å²) in [6, 6.07) is 66.7. The molecule has 0 spiro atoms. The van der Waals surface area contributed by atoms with Gasteiger partial charge in [0.05, 0.1) is 22.1 Å². The average Bonchev–Trinajstić information content (AvgIpc) is 3.93. The first kappa shape index (κ1) is 31.9. The van der Waals surface area contributed by atoms with Crippen LogP contribution in [0.3, 0.4) is 0 Å². The van der Waals surface area contributed by atoms with Crippen LogP contribution in [-0.4, -0.2) is 24.1 Å². The fourth-order valence-electron chi connectivity index (χ4n) is 8.65. The molecular weight excluding hydrogens is 715 g/mol. The monoisotopic (exact) mass is 745 g/mol. The Hall–Kier alpha value is -7.41. The van der Waals surface area contributed by atoms with Crippen LogP contribution in [0.2, 0.25) is 0 Å². The van der Waals surface area contributed by atoms with Crippen molar-refractivity contribution in [2.24, 2.45) is 0 Å². The molecule has 0 aliphatic heterocycles. The quantitative estimate of drug-likeness (QED) is 0.176. The Morgan fingerprint density at radius 1 is 0.333 bits per heavy atom. The minimum atomic E-state index is 0.631. The van der Waals surface area contributed by atoms with Crippen LogP contribution in [0.15, 0.2) is 188 Å². The molecule has 0 aliphatic carbocycles. The van der Waals surface area contributed by atoms with Gasteiger partial charge in [0.1, 0.15) is 0 Å². The first-order chi connectivity index (χ1) is 28.3. The van der Waals surface area contributed by atoms with Gasteiger partial charge in [-0.1, -0.05) is 127 Å². The highest BCUT2D eigenvalue weighted by molar-refractivity contribution is 7.25. The van der Waals surface area contributed by atoms with E-state index in [0.717, 1.165) is 39.1 Å². The molecule has 266 valence electrons.